The lowest BCUT2D eigenvalue weighted by atomic mass is 10.2. The maximum atomic E-state index is 5.44. The predicted octanol–water partition coefficient (Wildman–Crippen LogP) is 2.21. The Bertz CT molecular complexity index is 289. The quantitative estimate of drug-likeness (QED) is 0.685. The Labute approximate surface area is 97.8 Å². The summed E-state index contributed by atoms with van der Waals surface area (Å²) >= 11 is 0. The van der Waals surface area contributed by atoms with Crippen LogP contribution >= 0.6 is 0 Å². The highest BCUT2D eigenvalue weighted by atomic mass is 16.5. The van der Waals surface area contributed by atoms with Crippen LogP contribution in [0.15, 0.2) is 24.3 Å². The van der Waals surface area contributed by atoms with Gasteiger partial charge in [0, 0.05) is 20.3 Å². The first kappa shape index (κ1) is 13.0. The van der Waals surface area contributed by atoms with Crippen molar-refractivity contribution in [3.8, 4) is 5.75 Å². The third-order valence-electron chi connectivity index (χ3n) is 2.24. The van der Waals surface area contributed by atoms with Crippen molar-refractivity contribution in [3.63, 3.8) is 0 Å². The summed E-state index contributed by atoms with van der Waals surface area (Å²) in [5.41, 5.74) is 1.25. The monoisotopic (exact) mass is 223 g/mol. The van der Waals surface area contributed by atoms with Gasteiger partial charge in [0.1, 0.15) is 5.75 Å². The summed E-state index contributed by atoms with van der Waals surface area (Å²) in [4.78, 5) is 0. The van der Waals surface area contributed by atoms with Crippen LogP contribution in [0.2, 0.25) is 0 Å². The van der Waals surface area contributed by atoms with Gasteiger partial charge in [0.15, 0.2) is 0 Å². The Morgan fingerprint density at radius 2 is 2.19 bits per heavy atom. The Balaban J connectivity index is 2.27. The fraction of sp³-hybridized carbons (Fsp3) is 0.538. The van der Waals surface area contributed by atoms with Crippen LogP contribution in [0, 0.1) is 0 Å². The summed E-state index contributed by atoms with van der Waals surface area (Å²) in [7, 11) is 1.73. The Morgan fingerprint density at radius 3 is 2.94 bits per heavy atom. The fourth-order valence-corrected chi connectivity index (χ4v) is 1.49. The average Bonchev–Trinajstić information content (AvgIpc) is 2.30. The zero-order chi connectivity index (χ0) is 11.6. The van der Waals surface area contributed by atoms with E-state index in [0.717, 1.165) is 31.9 Å². The minimum atomic E-state index is 0.713. The highest BCUT2D eigenvalue weighted by Gasteiger charge is 1.96. The van der Waals surface area contributed by atoms with Gasteiger partial charge in [-0.1, -0.05) is 12.1 Å². The molecule has 1 aromatic carbocycles. The Hall–Kier alpha value is -1.06. The lowest BCUT2D eigenvalue weighted by Crippen LogP contribution is -2.16. The van der Waals surface area contributed by atoms with E-state index in [9.17, 15) is 0 Å². The van der Waals surface area contributed by atoms with Crippen molar-refractivity contribution in [1.29, 1.82) is 0 Å². The SMILES string of the molecule is CCOc1cccc(CNCCCOC)c1. The zero-order valence-corrected chi connectivity index (χ0v) is 10.2. The van der Waals surface area contributed by atoms with Crippen molar-refractivity contribution in [1.82, 2.24) is 5.32 Å². The van der Waals surface area contributed by atoms with E-state index in [0.29, 0.717) is 6.61 Å². The van der Waals surface area contributed by atoms with Crippen LogP contribution in [0.4, 0.5) is 0 Å². The molecule has 0 amide bonds. The van der Waals surface area contributed by atoms with E-state index < -0.39 is 0 Å². The van der Waals surface area contributed by atoms with Crippen molar-refractivity contribution < 1.29 is 9.47 Å². The number of ether oxygens (including phenoxy) is 2. The molecule has 0 heterocycles. The number of benzene rings is 1. The van der Waals surface area contributed by atoms with Gasteiger partial charge in [0.25, 0.3) is 0 Å². The topological polar surface area (TPSA) is 30.5 Å². The van der Waals surface area contributed by atoms with Gasteiger partial charge in [-0.3, -0.25) is 0 Å². The van der Waals surface area contributed by atoms with E-state index in [1.165, 1.54) is 5.56 Å². The molecule has 0 radical (unpaired) electrons. The lowest BCUT2D eigenvalue weighted by molar-refractivity contribution is 0.194. The summed E-state index contributed by atoms with van der Waals surface area (Å²) in [5, 5.41) is 3.37. The smallest absolute Gasteiger partial charge is 0.119 e. The molecule has 0 aliphatic rings. The second-order valence-electron chi connectivity index (χ2n) is 3.60. The Kier molecular flexibility index (Phi) is 6.61. The van der Waals surface area contributed by atoms with Crippen LogP contribution in [-0.4, -0.2) is 26.9 Å². The van der Waals surface area contributed by atoms with Gasteiger partial charge < -0.3 is 14.8 Å². The summed E-state index contributed by atoms with van der Waals surface area (Å²) in [5.74, 6) is 0.943. The van der Waals surface area contributed by atoms with E-state index in [2.05, 4.69) is 17.4 Å². The van der Waals surface area contributed by atoms with Gasteiger partial charge in [-0.05, 0) is 37.6 Å². The van der Waals surface area contributed by atoms with Crippen LogP contribution in [0.5, 0.6) is 5.75 Å². The third kappa shape index (κ3) is 5.14. The molecule has 0 unspecified atom stereocenters. The van der Waals surface area contributed by atoms with Gasteiger partial charge in [-0.15, -0.1) is 0 Å². The molecule has 0 aromatic heterocycles. The van der Waals surface area contributed by atoms with Gasteiger partial charge in [0.2, 0.25) is 0 Å². The molecule has 0 fully saturated rings. The molecule has 1 aromatic rings. The average molecular weight is 223 g/mol. The molecule has 0 aliphatic carbocycles. The summed E-state index contributed by atoms with van der Waals surface area (Å²) in [6, 6.07) is 8.19. The van der Waals surface area contributed by atoms with E-state index in [1.807, 2.05) is 19.1 Å². The van der Waals surface area contributed by atoms with Crippen molar-refractivity contribution in [3.05, 3.63) is 29.8 Å². The summed E-state index contributed by atoms with van der Waals surface area (Å²) in [6.45, 7) is 5.38. The molecule has 90 valence electrons. The lowest BCUT2D eigenvalue weighted by Gasteiger charge is -2.07. The minimum absolute atomic E-state index is 0.713. The maximum Gasteiger partial charge on any atom is 0.119 e. The number of hydrogen-bond donors (Lipinski definition) is 1. The van der Waals surface area contributed by atoms with Crippen LogP contribution in [0.3, 0.4) is 0 Å². The highest BCUT2D eigenvalue weighted by molar-refractivity contribution is 5.28. The number of rotatable bonds is 8. The van der Waals surface area contributed by atoms with Gasteiger partial charge in [-0.2, -0.15) is 0 Å². The molecule has 0 saturated heterocycles. The molecule has 0 atom stereocenters. The molecule has 16 heavy (non-hydrogen) atoms. The number of nitrogens with one attached hydrogen (secondary N) is 1. The normalized spacial score (nSPS) is 10.4. The first-order valence-electron chi connectivity index (χ1n) is 5.78. The summed E-state index contributed by atoms with van der Waals surface area (Å²) in [6.07, 6.45) is 1.04. The molecule has 3 nitrogen and oxygen atoms in total. The van der Waals surface area contributed by atoms with Crippen molar-refractivity contribution in [2.75, 3.05) is 26.9 Å². The van der Waals surface area contributed by atoms with E-state index in [1.54, 1.807) is 7.11 Å². The van der Waals surface area contributed by atoms with Crippen molar-refractivity contribution in [2.45, 2.75) is 19.9 Å². The first-order valence-corrected chi connectivity index (χ1v) is 5.78. The van der Waals surface area contributed by atoms with E-state index >= 15 is 0 Å². The Morgan fingerprint density at radius 1 is 1.31 bits per heavy atom. The fourth-order valence-electron chi connectivity index (χ4n) is 1.49. The molecule has 3 heteroatoms. The van der Waals surface area contributed by atoms with Crippen LogP contribution < -0.4 is 10.1 Å². The molecular weight excluding hydrogens is 202 g/mol. The second-order valence-corrected chi connectivity index (χ2v) is 3.60. The molecule has 0 spiro atoms. The summed E-state index contributed by atoms with van der Waals surface area (Å²) < 4.78 is 10.4. The second kappa shape index (κ2) is 8.13. The van der Waals surface area contributed by atoms with Gasteiger partial charge in [0.05, 0.1) is 6.61 Å². The highest BCUT2D eigenvalue weighted by Crippen LogP contribution is 2.12. The standard InChI is InChI=1S/C13H21NO2/c1-3-16-13-7-4-6-12(10-13)11-14-8-5-9-15-2/h4,6-7,10,14H,3,5,8-9,11H2,1-2H3. The van der Waals surface area contributed by atoms with Crippen LogP contribution in [-0.2, 0) is 11.3 Å². The molecule has 0 aliphatic heterocycles. The first-order chi connectivity index (χ1) is 7.86. The van der Waals surface area contributed by atoms with Crippen LogP contribution in [0.1, 0.15) is 18.9 Å². The molecule has 1 rings (SSSR count). The van der Waals surface area contributed by atoms with E-state index in [-0.39, 0.29) is 0 Å². The maximum absolute atomic E-state index is 5.44. The van der Waals surface area contributed by atoms with Gasteiger partial charge >= 0.3 is 0 Å². The molecule has 1 N–H and O–H groups in total. The number of hydrogen-bond acceptors (Lipinski definition) is 3. The van der Waals surface area contributed by atoms with Crippen LogP contribution in [0.25, 0.3) is 0 Å². The largest absolute Gasteiger partial charge is 0.494 e. The number of methoxy groups -OCH3 is 1. The minimum Gasteiger partial charge on any atom is -0.494 e. The molecule has 0 bridgehead atoms. The van der Waals surface area contributed by atoms with Gasteiger partial charge in [-0.25, -0.2) is 0 Å². The zero-order valence-electron chi connectivity index (χ0n) is 10.2. The van der Waals surface area contributed by atoms with E-state index in [4.69, 9.17) is 9.47 Å². The predicted molar refractivity (Wildman–Crippen MR) is 65.8 cm³/mol. The third-order valence-corrected chi connectivity index (χ3v) is 2.24. The molecular formula is C13H21NO2. The molecule has 0 saturated carbocycles. The van der Waals surface area contributed by atoms with Crippen molar-refractivity contribution >= 4 is 0 Å². The van der Waals surface area contributed by atoms with Crippen molar-refractivity contribution in [2.24, 2.45) is 0 Å².